The average Bonchev–Trinajstić information content (AvgIpc) is 2.95. The van der Waals surface area contributed by atoms with Crippen LogP contribution >= 0.6 is 0 Å². The lowest BCUT2D eigenvalue weighted by atomic mass is 9.96. The van der Waals surface area contributed by atoms with Crippen LogP contribution in [-0.2, 0) is 0 Å². The van der Waals surface area contributed by atoms with Crippen molar-refractivity contribution in [3.05, 3.63) is 0 Å². The molecular formula is C11H19F3N2. The van der Waals surface area contributed by atoms with Gasteiger partial charge in [0, 0.05) is 18.1 Å². The standard InChI is InChI=1S/C11H19F3N2/c1-10(15,8-2-3-8)6-16(9-4-5-9)7-11(12,13)14/h8-9H,2-7,15H2,1H3. The molecule has 1 atom stereocenters. The van der Waals surface area contributed by atoms with Gasteiger partial charge in [-0.3, -0.25) is 4.90 Å². The molecule has 2 N–H and O–H groups in total. The van der Waals surface area contributed by atoms with E-state index in [9.17, 15) is 13.2 Å². The zero-order chi connectivity index (χ0) is 12.0. The molecule has 2 aliphatic rings. The summed E-state index contributed by atoms with van der Waals surface area (Å²) in [4.78, 5) is 1.53. The van der Waals surface area contributed by atoms with Crippen molar-refractivity contribution in [2.45, 2.75) is 50.4 Å². The summed E-state index contributed by atoms with van der Waals surface area (Å²) in [5.41, 5.74) is 5.65. The van der Waals surface area contributed by atoms with Gasteiger partial charge in [0.15, 0.2) is 0 Å². The first-order valence-electron chi connectivity index (χ1n) is 5.88. The molecule has 2 nitrogen and oxygen atoms in total. The van der Waals surface area contributed by atoms with Crippen LogP contribution in [0, 0.1) is 5.92 Å². The summed E-state index contributed by atoms with van der Waals surface area (Å²) in [7, 11) is 0. The van der Waals surface area contributed by atoms with Crippen molar-refractivity contribution in [3.8, 4) is 0 Å². The van der Waals surface area contributed by atoms with Crippen LogP contribution in [0.25, 0.3) is 0 Å². The maximum absolute atomic E-state index is 12.4. The summed E-state index contributed by atoms with van der Waals surface area (Å²) in [6.45, 7) is 1.45. The third-order valence-corrected chi connectivity index (χ3v) is 3.50. The zero-order valence-electron chi connectivity index (χ0n) is 9.56. The first-order chi connectivity index (χ1) is 7.28. The van der Waals surface area contributed by atoms with Gasteiger partial charge in [-0.2, -0.15) is 13.2 Å². The third-order valence-electron chi connectivity index (χ3n) is 3.50. The topological polar surface area (TPSA) is 29.3 Å². The normalized spacial score (nSPS) is 25.9. The van der Waals surface area contributed by atoms with E-state index in [0.29, 0.717) is 12.5 Å². The summed E-state index contributed by atoms with van der Waals surface area (Å²) >= 11 is 0. The minimum Gasteiger partial charge on any atom is -0.324 e. The Balaban J connectivity index is 1.91. The fraction of sp³-hybridized carbons (Fsp3) is 1.00. The molecular weight excluding hydrogens is 217 g/mol. The fourth-order valence-corrected chi connectivity index (χ4v) is 2.29. The highest BCUT2D eigenvalue weighted by molar-refractivity contribution is 4.99. The molecule has 2 aliphatic carbocycles. The molecule has 0 spiro atoms. The van der Waals surface area contributed by atoms with Gasteiger partial charge in [0.1, 0.15) is 0 Å². The predicted molar refractivity (Wildman–Crippen MR) is 56.0 cm³/mol. The number of nitrogens with zero attached hydrogens (tertiary/aromatic N) is 1. The Bertz CT molecular complexity index is 254. The van der Waals surface area contributed by atoms with Crippen LogP contribution < -0.4 is 5.73 Å². The smallest absolute Gasteiger partial charge is 0.324 e. The molecule has 0 aromatic rings. The molecule has 2 rings (SSSR count). The number of halogens is 3. The summed E-state index contributed by atoms with van der Waals surface area (Å²) < 4.78 is 37.2. The first kappa shape index (κ1) is 12.2. The van der Waals surface area contributed by atoms with E-state index in [-0.39, 0.29) is 6.04 Å². The SMILES string of the molecule is CC(N)(CN(CC(F)(F)F)C1CC1)C1CC1. The second-order valence-electron chi connectivity index (χ2n) is 5.53. The van der Waals surface area contributed by atoms with Crippen molar-refractivity contribution in [1.29, 1.82) is 0 Å². The summed E-state index contributed by atoms with van der Waals surface area (Å²) in [5, 5.41) is 0. The Labute approximate surface area is 94.0 Å². The molecule has 0 heterocycles. The van der Waals surface area contributed by atoms with Crippen LogP contribution in [0.15, 0.2) is 0 Å². The average molecular weight is 236 g/mol. The minimum atomic E-state index is -4.11. The van der Waals surface area contributed by atoms with Gasteiger partial charge < -0.3 is 5.73 Å². The molecule has 1 unspecified atom stereocenters. The van der Waals surface area contributed by atoms with Gasteiger partial charge in [0.05, 0.1) is 6.54 Å². The Morgan fingerprint density at radius 1 is 1.12 bits per heavy atom. The van der Waals surface area contributed by atoms with Crippen molar-refractivity contribution < 1.29 is 13.2 Å². The monoisotopic (exact) mass is 236 g/mol. The first-order valence-corrected chi connectivity index (χ1v) is 5.88. The lowest BCUT2D eigenvalue weighted by Gasteiger charge is -2.33. The Morgan fingerprint density at radius 3 is 2.06 bits per heavy atom. The Hall–Kier alpha value is -0.290. The van der Waals surface area contributed by atoms with Crippen LogP contribution in [0.4, 0.5) is 13.2 Å². The number of hydrogen-bond acceptors (Lipinski definition) is 2. The molecule has 94 valence electrons. The van der Waals surface area contributed by atoms with E-state index < -0.39 is 18.3 Å². The van der Waals surface area contributed by atoms with Crippen LogP contribution in [0.5, 0.6) is 0 Å². The summed E-state index contributed by atoms with van der Waals surface area (Å²) in [5.74, 6) is 0.419. The van der Waals surface area contributed by atoms with Crippen molar-refractivity contribution in [3.63, 3.8) is 0 Å². The van der Waals surface area contributed by atoms with Crippen molar-refractivity contribution in [1.82, 2.24) is 4.90 Å². The maximum atomic E-state index is 12.4. The minimum absolute atomic E-state index is 0.114. The number of hydrogen-bond donors (Lipinski definition) is 1. The number of rotatable bonds is 5. The third kappa shape index (κ3) is 3.35. The highest BCUT2D eigenvalue weighted by Crippen LogP contribution is 2.40. The van der Waals surface area contributed by atoms with E-state index >= 15 is 0 Å². The fourth-order valence-electron chi connectivity index (χ4n) is 2.29. The largest absolute Gasteiger partial charge is 0.401 e. The van der Waals surface area contributed by atoms with Gasteiger partial charge in [0.2, 0.25) is 0 Å². The van der Waals surface area contributed by atoms with Crippen LogP contribution in [0.3, 0.4) is 0 Å². The number of alkyl halides is 3. The van der Waals surface area contributed by atoms with Crippen LogP contribution in [-0.4, -0.2) is 35.7 Å². The molecule has 0 aliphatic heterocycles. The van der Waals surface area contributed by atoms with E-state index in [1.807, 2.05) is 6.92 Å². The molecule has 0 aromatic carbocycles. The summed E-state index contributed by atoms with van der Waals surface area (Å²) in [6.07, 6.45) is -0.203. The second kappa shape index (κ2) is 3.88. The van der Waals surface area contributed by atoms with Gasteiger partial charge >= 0.3 is 6.18 Å². The zero-order valence-corrected chi connectivity index (χ0v) is 9.56. The molecule has 0 saturated heterocycles. The van der Waals surface area contributed by atoms with E-state index in [2.05, 4.69) is 0 Å². The van der Waals surface area contributed by atoms with E-state index in [0.717, 1.165) is 25.7 Å². The van der Waals surface area contributed by atoms with Gasteiger partial charge in [-0.15, -0.1) is 0 Å². The molecule has 5 heteroatoms. The van der Waals surface area contributed by atoms with E-state index in [4.69, 9.17) is 5.73 Å². The second-order valence-corrected chi connectivity index (χ2v) is 5.53. The highest BCUT2D eigenvalue weighted by Gasteiger charge is 2.44. The molecule has 0 aromatic heterocycles. The van der Waals surface area contributed by atoms with Crippen molar-refractivity contribution >= 4 is 0 Å². The van der Waals surface area contributed by atoms with Crippen LogP contribution in [0.2, 0.25) is 0 Å². The maximum Gasteiger partial charge on any atom is 0.401 e. The quantitative estimate of drug-likeness (QED) is 0.792. The highest BCUT2D eigenvalue weighted by atomic mass is 19.4. The van der Waals surface area contributed by atoms with E-state index in [1.165, 1.54) is 4.90 Å². The molecule has 0 amide bonds. The van der Waals surface area contributed by atoms with Crippen molar-refractivity contribution in [2.24, 2.45) is 11.7 Å². The van der Waals surface area contributed by atoms with Gasteiger partial charge in [-0.25, -0.2) is 0 Å². The number of nitrogens with two attached hydrogens (primary N) is 1. The van der Waals surface area contributed by atoms with Gasteiger partial charge in [-0.1, -0.05) is 0 Å². The Morgan fingerprint density at radius 2 is 1.69 bits per heavy atom. The van der Waals surface area contributed by atoms with E-state index in [1.54, 1.807) is 0 Å². The van der Waals surface area contributed by atoms with Gasteiger partial charge in [0.25, 0.3) is 0 Å². The van der Waals surface area contributed by atoms with Crippen molar-refractivity contribution in [2.75, 3.05) is 13.1 Å². The predicted octanol–water partition coefficient (Wildman–Crippen LogP) is 2.14. The molecule has 16 heavy (non-hydrogen) atoms. The molecule has 0 bridgehead atoms. The van der Waals surface area contributed by atoms with Crippen LogP contribution in [0.1, 0.15) is 32.6 Å². The Kier molecular flexibility index (Phi) is 2.95. The lowest BCUT2D eigenvalue weighted by Crippen LogP contribution is -2.52. The molecule has 2 saturated carbocycles. The molecule has 2 fully saturated rings. The molecule has 0 radical (unpaired) electrons. The summed E-state index contributed by atoms with van der Waals surface area (Å²) in [6, 6.07) is 0.114. The van der Waals surface area contributed by atoms with Gasteiger partial charge in [-0.05, 0) is 38.5 Å². The lowest BCUT2D eigenvalue weighted by molar-refractivity contribution is -0.148.